The molecule has 0 bridgehead atoms. The summed E-state index contributed by atoms with van der Waals surface area (Å²) in [7, 11) is 0. The van der Waals surface area contributed by atoms with E-state index in [-0.39, 0.29) is 24.2 Å². The average Bonchev–Trinajstić information content (AvgIpc) is 3.74. The minimum atomic E-state index is -0.907. The number of hydrogen-bond donors (Lipinski definition) is 4. The number of fused-ring (bicyclic) bond motifs is 1. The van der Waals surface area contributed by atoms with Gasteiger partial charge in [-0.2, -0.15) is 5.21 Å². The minimum absolute atomic E-state index is 0. The monoisotopic (exact) mass is 613 g/mol. The summed E-state index contributed by atoms with van der Waals surface area (Å²) >= 11 is 0. The first-order chi connectivity index (χ1) is 20.9. The van der Waals surface area contributed by atoms with Crippen molar-refractivity contribution in [3.63, 3.8) is 0 Å². The van der Waals surface area contributed by atoms with E-state index < -0.39 is 11.9 Å². The highest BCUT2D eigenvalue weighted by Crippen LogP contribution is 2.32. The number of nitrogens with one attached hydrogen (secondary N) is 2. The normalized spacial score (nSPS) is 17.2. The summed E-state index contributed by atoms with van der Waals surface area (Å²) in [4.78, 5) is 36.6. The minimum Gasteiger partial charge on any atom is -0.345 e. The van der Waals surface area contributed by atoms with E-state index in [0.717, 1.165) is 46.1 Å². The number of aromatic amines is 2. The first-order valence-electron chi connectivity index (χ1n) is 14.6. The molecule has 1 saturated carbocycles. The van der Waals surface area contributed by atoms with Gasteiger partial charge in [-0.05, 0) is 115 Å². The van der Waals surface area contributed by atoms with Crippen LogP contribution in [0.15, 0.2) is 67.0 Å². The van der Waals surface area contributed by atoms with Gasteiger partial charge < -0.3 is 16.5 Å². The Kier molecular flexibility index (Phi) is 9.48. The van der Waals surface area contributed by atoms with E-state index in [9.17, 15) is 9.59 Å². The summed E-state index contributed by atoms with van der Waals surface area (Å²) < 4.78 is 0. The maximum absolute atomic E-state index is 13.9. The van der Waals surface area contributed by atoms with Crippen molar-refractivity contribution in [2.45, 2.75) is 45.1 Å². The number of anilines is 1. The zero-order valence-electron chi connectivity index (χ0n) is 24.4. The van der Waals surface area contributed by atoms with Crippen molar-refractivity contribution in [3.8, 4) is 22.5 Å². The third kappa shape index (κ3) is 6.40. The summed E-state index contributed by atoms with van der Waals surface area (Å²) in [5, 5.41) is 14.0. The van der Waals surface area contributed by atoms with Gasteiger partial charge in [-0.15, -0.1) is 22.6 Å². The summed E-state index contributed by atoms with van der Waals surface area (Å²) in [6.45, 7) is 2.68. The molecule has 5 aromatic rings. The van der Waals surface area contributed by atoms with Crippen LogP contribution < -0.4 is 16.4 Å². The summed E-state index contributed by atoms with van der Waals surface area (Å²) in [5.41, 5.74) is 19.7. The van der Waals surface area contributed by atoms with Gasteiger partial charge in [-0.25, -0.2) is 9.88 Å². The van der Waals surface area contributed by atoms with E-state index in [4.69, 9.17) is 11.5 Å². The van der Waals surface area contributed by atoms with Crippen LogP contribution in [0.4, 0.5) is 5.69 Å². The number of imide groups is 1. The van der Waals surface area contributed by atoms with Crippen LogP contribution in [0, 0.1) is 18.8 Å². The molecule has 1 atom stereocenters. The number of carbonyl (C=O) groups excluding carboxylic acids is 2. The van der Waals surface area contributed by atoms with E-state index in [1.165, 1.54) is 4.90 Å². The number of tetrazole rings is 1. The molecule has 0 saturated heterocycles. The number of nitrogens with two attached hydrogens (primary N) is 2. The lowest BCUT2D eigenvalue weighted by Gasteiger charge is -2.32. The lowest BCUT2D eigenvalue weighted by Crippen LogP contribution is -2.50. The standard InChI is InChI=1S/C32H35N9O2.ClH/c1-19-14-28-29(36-18-35-28)16-26(19)22-6-2-20(3-7-22)15-27(34)32(43)41(31(42)24-8-4-21(17-33)5-9-24)25-12-10-23(11-13-25)30-37-39-40-38-30;/h2-3,6-7,10-14,16,18,21,24,27H,4-5,8-9,15,17,33-34H2,1H3,(H,35,36)(H,37,38,39,40);1H/t21-,24-,27-;/m0./s1. The predicted molar refractivity (Wildman–Crippen MR) is 172 cm³/mol. The zero-order valence-corrected chi connectivity index (χ0v) is 25.3. The smallest absolute Gasteiger partial charge is 0.251 e. The number of benzene rings is 3. The number of halogens is 1. The Hall–Kier alpha value is -4.45. The van der Waals surface area contributed by atoms with E-state index in [1.54, 1.807) is 30.6 Å². The molecule has 1 fully saturated rings. The fourth-order valence-electron chi connectivity index (χ4n) is 5.96. The Morgan fingerprint density at radius 3 is 2.36 bits per heavy atom. The van der Waals surface area contributed by atoms with Gasteiger partial charge >= 0.3 is 0 Å². The lowest BCUT2D eigenvalue weighted by molar-refractivity contribution is -0.130. The fraction of sp³-hybridized carbons (Fsp3) is 0.312. The van der Waals surface area contributed by atoms with Crippen LogP contribution in [-0.4, -0.2) is 55.0 Å². The fourth-order valence-corrected chi connectivity index (χ4v) is 5.96. The van der Waals surface area contributed by atoms with Gasteiger partial charge in [0.1, 0.15) is 0 Å². The van der Waals surface area contributed by atoms with Crippen LogP contribution in [0.2, 0.25) is 0 Å². The Bertz CT molecular complexity index is 1710. The van der Waals surface area contributed by atoms with Gasteiger partial charge in [0.15, 0.2) is 0 Å². The number of nitrogens with zero attached hydrogens (tertiary/aromatic N) is 5. The van der Waals surface area contributed by atoms with Crippen molar-refractivity contribution in [2.24, 2.45) is 23.3 Å². The van der Waals surface area contributed by atoms with Crippen LogP contribution in [0.3, 0.4) is 0 Å². The maximum Gasteiger partial charge on any atom is 0.251 e. The third-order valence-electron chi connectivity index (χ3n) is 8.50. The second-order valence-corrected chi connectivity index (χ2v) is 11.3. The first-order valence-corrected chi connectivity index (χ1v) is 14.6. The quantitative estimate of drug-likeness (QED) is 0.200. The molecule has 12 heteroatoms. The van der Waals surface area contributed by atoms with Crippen LogP contribution in [-0.2, 0) is 16.0 Å². The predicted octanol–water partition coefficient (Wildman–Crippen LogP) is 4.33. The van der Waals surface area contributed by atoms with Crippen molar-refractivity contribution >= 4 is 40.9 Å². The van der Waals surface area contributed by atoms with Crippen LogP contribution in [0.5, 0.6) is 0 Å². The van der Waals surface area contributed by atoms with Crippen LogP contribution in [0.1, 0.15) is 36.8 Å². The number of imidazole rings is 1. The average molecular weight is 614 g/mol. The molecule has 0 spiro atoms. The Morgan fingerprint density at radius 1 is 1.00 bits per heavy atom. The molecular weight excluding hydrogens is 578 g/mol. The lowest BCUT2D eigenvalue weighted by atomic mass is 9.81. The Morgan fingerprint density at radius 2 is 1.70 bits per heavy atom. The van der Waals surface area contributed by atoms with Crippen molar-refractivity contribution in [1.29, 1.82) is 0 Å². The molecule has 11 nitrogen and oxygen atoms in total. The highest BCUT2D eigenvalue weighted by atomic mass is 35.5. The number of rotatable bonds is 8. The van der Waals surface area contributed by atoms with E-state index in [2.05, 4.69) is 49.6 Å². The van der Waals surface area contributed by atoms with Crippen molar-refractivity contribution in [2.75, 3.05) is 11.4 Å². The molecule has 0 unspecified atom stereocenters. The number of carbonyl (C=O) groups is 2. The highest BCUT2D eigenvalue weighted by molar-refractivity contribution is 6.17. The Balaban J connectivity index is 0.00000384. The van der Waals surface area contributed by atoms with Crippen molar-refractivity contribution in [1.82, 2.24) is 30.6 Å². The van der Waals surface area contributed by atoms with Crippen LogP contribution >= 0.6 is 12.4 Å². The molecule has 1 aliphatic carbocycles. The molecule has 6 N–H and O–H groups in total. The molecule has 44 heavy (non-hydrogen) atoms. The molecular formula is C32H36ClN9O2. The van der Waals surface area contributed by atoms with E-state index >= 15 is 0 Å². The molecule has 1 aliphatic rings. The second kappa shape index (κ2) is 13.5. The molecule has 3 aromatic carbocycles. The van der Waals surface area contributed by atoms with Crippen LogP contribution in [0.25, 0.3) is 33.5 Å². The maximum atomic E-state index is 13.9. The van der Waals surface area contributed by atoms with Crippen molar-refractivity contribution < 1.29 is 9.59 Å². The van der Waals surface area contributed by atoms with Crippen molar-refractivity contribution in [3.05, 3.63) is 78.1 Å². The molecule has 228 valence electrons. The second-order valence-electron chi connectivity index (χ2n) is 11.3. The summed E-state index contributed by atoms with van der Waals surface area (Å²) in [6, 6.07) is 18.3. The molecule has 2 aromatic heterocycles. The number of amides is 2. The molecule has 0 radical (unpaired) electrons. The number of hydrogen-bond acceptors (Lipinski definition) is 8. The van der Waals surface area contributed by atoms with Gasteiger partial charge in [0.2, 0.25) is 11.7 Å². The number of H-pyrrole nitrogens is 2. The van der Waals surface area contributed by atoms with Gasteiger partial charge in [-0.3, -0.25) is 9.59 Å². The third-order valence-corrected chi connectivity index (χ3v) is 8.50. The SMILES string of the molecule is Cc1cc2nc[nH]c2cc1-c1ccc(C[C@H](N)C(=O)N(c2ccc(-c3nn[nH]n3)cc2)C(=O)[C@H]2CC[C@H](CN)CC2)cc1.Cl. The number of aromatic nitrogens is 6. The molecule has 6 rings (SSSR count). The van der Waals surface area contributed by atoms with E-state index in [1.807, 2.05) is 24.3 Å². The van der Waals surface area contributed by atoms with Gasteiger partial charge in [0, 0.05) is 11.5 Å². The first kappa shape index (κ1) is 31.0. The largest absolute Gasteiger partial charge is 0.345 e. The number of aryl methyl sites for hydroxylation is 1. The van der Waals surface area contributed by atoms with E-state index in [0.29, 0.717) is 48.8 Å². The summed E-state index contributed by atoms with van der Waals surface area (Å²) in [6.07, 6.45) is 5.13. The van der Waals surface area contributed by atoms with Gasteiger partial charge in [0.25, 0.3) is 5.91 Å². The molecule has 2 heterocycles. The topological polar surface area (TPSA) is 173 Å². The van der Waals surface area contributed by atoms with Gasteiger partial charge in [0.05, 0.1) is 29.1 Å². The Labute approximate surface area is 261 Å². The highest BCUT2D eigenvalue weighted by Gasteiger charge is 2.35. The zero-order chi connectivity index (χ0) is 29.9. The van der Waals surface area contributed by atoms with Gasteiger partial charge in [-0.1, -0.05) is 24.3 Å². The molecule has 0 aliphatic heterocycles. The summed E-state index contributed by atoms with van der Waals surface area (Å²) in [5.74, 6) is -0.0646. The molecule has 2 amide bonds.